The molecule has 0 fully saturated rings. The van der Waals surface area contributed by atoms with Gasteiger partial charge in [-0.2, -0.15) is 13.2 Å². The van der Waals surface area contributed by atoms with E-state index in [1.54, 1.807) is 6.07 Å². The first-order valence-corrected chi connectivity index (χ1v) is 8.96. The molecule has 2 aromatic heterocycles. The van der Waals surface area contributed by atoms with Gasteiger partial charge < -0.3 is 15.4 Å². The van der Waals surface area contributed by atoms with E-state index in [2.05, 4.69) is 25.6 Å². The number of pyridine rings is 1. The highest BCUT2D eigenvalue weighted by molar-refractivity contribution is 5.66. The maximum absolute atomic E-state index is 14.7. The van der Waals surface area contributed by atoms with Crippen molar-refractivity contribution in [2.24, 2.45) is 0 Å². The molecule has 30 heavy (non-hydrogen) atoms. The van der Waals surface area contributed by atoms with Crippen LogP contribution in [-0.4, -0.2) is 28.1 Å². The Kier molecular flexibility index (Phi) is 6.04. The van der Waals surface area contributed by atoms with Gasteiger partial charge in [-0.05, 0) is 38.1 Å². The fourth-order valence-corrected chi connectivity index (χ4v) is 2.65. The second-order valence-corrected chi connectivity index (χ2v) is 6.64. The lowest BCUT2D eigenvalue weighted by Gasteiger charge is -2.15. The number of halogens is 4. The summed E-state index contributed by atoms with van der Waals surface area (Å²) in [6.45, 7) is 3.78. The summed E-state index contributed by atoms with van der Waals surface area (Å²) in [5, 5.41) is 5.89. The van der Waals surface area contributed by atoms with Crippen LogP contribution in [0.1, 0.15) is 19.5 Å². The van der Waals surface area contributed by atoms with Gasteiger partial charge in [0.15, 0.2) is 17.4 Å². The first kappa shape index (κ1) is 21.3. The highest BCUT2D eigenvalue weighted by Crippen LogP contribution is 2.31. The number of aromatic nitrogens is 3. The zero-order valence-corrected chi connectivity index (χ0v) is 16.4. The van der Waals surface area contributed by atoms with Crippen LogP contribution in [0.25, 0.3) is 11.4 Å². The summed E-state index contributed by atoms with van der Waals surface area (Å²) in [5.41, 5.74) is -0.819. The van der Waals surface area contributed by atoms with E-state index in [1.165, 1.54) is 31.4 Å². The fraction of sp³-hybridized carbons (Fsp3) is 0.250. The summed E-state index contributed by atoms with van der Waals surface area (Å²) >= 11 is 0. The van der Waals surface area contributed by atoms with Gasteiger partial charge in [0.1, 0.15) is 17.3 Å². The van der Waals surface area contributed by atoms with Crippen molar-refractivity contribution in [1.82, 2.24) is 15.0 Å². The van der Waals surface area contributed by atoms with Crippen LogP contribution in [0.15, 0.2) is 42.6 Å². The number of rotatable bonds is 6. The molecule has 0 aliphatic carbocycles. The number of alkyl halides is 3. The molecule has 1 aromatic carbocycles. The number of ether oxygens (including phenoxy) is 1. The zero-order valence-electron chi connectivity index (χ0n) is 16.4. The highest BCUT2D eigenvalue weighted by Gasteiger charge is 2.32. The van der Waals surface area contributed by atoms with Gasteiger partial charge in [-0.15, -0.1) is 0 Å². The fourth-order valence-electron chi connectivity index (χ4n) is 2.65. The van der Waals surface area contributed by atoms with E-state index in [0.717, 1.165) is 12.3 Å². The van der Waals surface area contributed by atoms with Gasteiger partial charge in [-0.25, -0.2) is 14.4 Å². The second-order valence-electron chi connectivity index (χ2n) is 6.64. The third kappa shape index (κ3) is 4.94. The molecular weight excluding hydrogens is 402 g/mol. The Balaban J connectivity index is 2.04. The molecular formula is C20H19F4N5O. The molecule has 0 atom stereocenters. The minimum absolute atomic E-state index is 0.00788. The number of nitrogens with one attached hydrogen (secondary N) is 2. The molecule has 6 nitrogen and oxygen atoms in total. The molecule has 0 amide bonds. The van der Waals surface area contributed by atoms with Crippen LogP contribution in [0.4, 0.5) is 34.9 Å². The van der Waals surface area contributed by atoms with Gasteiger partial charge in [0.25, 0.3) is 0 Å². The van der Waals surface area contributed by atoms with Crippen LogP contribution in [0.5, 0.6) is 5.75 Å². The van der Waals surface area contributed by atoms with Crippen LogP contribution < -0.4 is 15.4 Å². The summed E-state index contributed by atoms with van der Waals surface area (Å²) < 4.78 is 58.5. The molecule has 0 unspecified atom stereocenters. The van der Waals surface area contributed by atoms with Gasteiger partial charge >= 0.3 is 6.18 Å². The Labute approximate surface area is 170 Å². The maximum Gasteiger partial charge on any atom is 0.433 e. The minimum Gasteiger partial charge on any atom is -0.494 e. The lowest BCUT2D eigenvalue weighted by atomic mass is 10.2. The molecule has 0 aliphatic rings. The van der Waals surface area contributed by atoms with Crippen molar-refractivity contribution >= 4 is 17.3 Å². The summed E-state index contributed by atoms with van der Waals surface area (Å²) in [6.07, 6.45) is -3.54. The normalized spacial score (nSPS) is 11.5. The van der Waals surface area contributed by atoms with Crippen LogP contribution >= 0.6 is 0 Å². The van der Waals surface area contributed by atoms with Crippen molar-refractivity contribution < 1.29 is 22.3 Å². The molecule has 158 valence electrons. The number of benzene rings is 1. The first-order chi connectivity index (χ1) is 14.2. The van der Waals surface area contributed by atoms with Gasteiger partial charge in [0.05, 0.1) is 12.7 Å². The summed E-state index contributed by atoms with van der Waals surface area (Å²) in [7, 11) is 1.34. The lowest BCUT2D eigenvalue weighted by Crippen LogP contribution is -2.13. The molecule has 0 saturated carbocycles. The third-order valence-corrected chi connectivity index (χ3v) is 3.91. The summed E-state index contributed by atoms with van der Waals surface area (Å²) in [5.74, 6) is -0.00753. The summed E-state index contributed by atoms with van der Waals surface area (Å²) in [6, 6.07) is 8.31. The zero-order chi connectivity index (χ0) is 21.9. The van der Waals surface area contributed by atoms with E-state index in [1.807, 2.05) is 13.8 Å². The number of nitrogens with zero attached hydrogens (tertiary/aromatic N) is 3. The average Bonchev–Trinajstić information content (AvgIpc) is 2.67. The predicted octanol–water partition coefficient (Wildman–Crippen LogP) is 5.27. The molecule has 3 rings (SSSR count). The van der Waals surface area contributed by atoms with E-state index < -0.39 is 17.7 Å². The van der Waals surface area contributed by atoms with Crippen LogP contribution in [0.2, 0.25) is 0 Å². The first-order valence-electron chi connectivity index (χ1n) is 8.96. The molecule has 10 heteroatoms. The van der Waals surface area contributed by atoms with Gasteiger partial charge in [0, 0.05) is 24.0 Å². The average molecular weight is 421 g/mol. The molecule has 0 aliphatic heterocycles. The number of hydrogen-bond donors (Lipinski definition) is 2. The SMILES string of the molecule is COc1cccc(-c2nc(Nc3ccnc(C(F)(F)F)c3)cc(NC(C)C)n2)c1F. The predicted molar refractivity (Wildman–Crippen MR) is 105 cm³/mol. The minimum atomic E-state index is -4.58. The standard InChI is InChI=1S/C20H19F4N5O/c1-11(2)26-16-10-17(27-12-7-8-25-15(9-12)20(22,23)24)29-19(28-16)13-5-4-6-14(30-3)18(13)21/h4-11H,1-3H3,(H2,25,26,27,28,29). The van der Waals surface area contributed by atoms with Crippen molar-refractivity contribution in [2.75, 3.05) is 17.7 Å². The second kappa shape index (κ2) is 8.52. The van der Waals surface area contributed by atoms with Crippen molar-refractivity contribution in [1.29, 1.82) is 0 Å². The molecule has 3 aromatic rings. The maximum atomic E-state index is 14.7. The van der Waals surface area contributed by atoms with Crippen molar-refractivity contribution in [3.05, 3.63) is 54.1 Å². The molecule has 0 radical (unpaired) electrons. The smallest absolute Gasteiger partial charge is 0.433 e. The van der Waals surface area contributed by atoms with Crippen LogP contribution in [-0.2, 0) is 6.18 Å². The lowest BCUT2D eigenvalue weighted by molar-refractivity contribution is -0.141. The third-order valence-electron chi connectivity index (χ3n) is 3.91. The van der Waals surface area contributed by atoms with E-state index in [-0.39, 0.29) is 34.7 Å². The number of anilines is 3. The van der Waals surface area contributed by atoms with Gasteiger partial charge in [0.2, 0.25) is 0 Å². The Morgan fingerprint density at radius 2 is 1.77 bits per heavy atom. The van der Waals surface area contributed by atoms with Crippen molar-refractivity contribution in [3.8, 4) is 17.1 Å². The quantitative estimate of drug-likeness (QED) is 0.529. The molecule has 0 bridgehead atoms. The van der Waals surface area contributed by atoms with Gasteiger partial charge in [-0.3, -0.25) is 4.98 Å². The highest BCUT2D eigenvalue weighted by atomic mass is 19.4. The van der Waals surface area contributed by atoms with Crippen molar-refractivity contribution in [3.63, 3.8) is 0 Å². The van der Waals surface area contributed by atoms with Crippen molar-refractivity contribution in [2.45, 2.75) is 26.1 Å². The summed E-state index contributed by atoms with van der Waals surface area (Å²) in [4.78, 5) is 11.9. The molecule has 0 saturated heterocycles. The Bertz CT molecular complexity index is 1040. The van der Waals surface area contributed by atoms with Gasteiger partial charge in [-0.1, -0.05) is 6.07 Å². The Hall–Kier alpha value is -3.43. The largest absolute Gasteiger partial charge is 0.494 e. The van der Waals surface area contributed by atoms with Crippen LogP contribution in [0, 0.1) is 5.82 Å². The number of methoxy groups -OCH3 is 1. The Morgan fingerprint density at radius 1 is 1.03 bits per heavy atom. The topological polar surface area (TPSA) is 72.0 Å². The van der Waals surface area contributed by atoms with E-state index in [0.29, 0.717) is 5.82 Å². The molecule has 0 spiro atoms. The Morgan fingerprint density at radius 3 is 2.43 bits per heavy atom. The molecule has 2 heterocycles. The number of hydrogen-bond acceptors (Lipinski definition) is 6. The van der Waals surface area contributed by atoms with Crippen LogP contribution in [0.3, 0.4) is 0 Å². The molecule has 2 N–H and O–H groups in total. The van der Waals surface area contributed by atoms with E-state index >= 15 is 0 Å². The van der Waals surface area contributed by atoms with E-state index in [9.17, 15) is 17.6 Å². The van der Waals surface area contributed by atoms with E-state index in [4.69, 9.17) is 4.74 Å². The monoisotopic (exact) mass is 421 g/mol.